The molecule has 1 aliphatic rings. The van der Waals surface area contributed by atoms with Crippen molar-refractivity contribution >= 4 is 15.9 Å². The van der Waals surface area contributed by atoms with Crippen molar-refractivity contribution in [3.63, 3.8) is 0 Å². The van der Waals surface area contributed by atoms with Gasteiger partial charge in [0.15, 0.2) is 0 Å². The van der Waals surface area contributed by atoms with Crippen molar-refractivity contribution in [1.29, 1.82) is 0 Å². The van der Waals surface area contributed by atoms with Crippen LogP contribution in [0.1, 0.15) is 44.2 Å². The first kappa shape index (κ1) is 20.7. The molecule has 26 heavy (non-hydrogen) atoms. The number of hydrogen-bond acceptors (Lipinski definition) is 4. The predicted molar refractivity (Wildman–Crippen MR) is 102 cm³/mol. The van der Waals surface area contributed by atoms with E-state index < -0.39 is 16.1 Å². The molecule has 1 amide bonds. The molecule has 1 saturated heterocycles. The zero-order valence-corrected chi connectivity index (χ0v) is 17.1. The van der Waals surface area contributed by atoms with E-state index >= 15 is 0 Å². The second-order valence-electron chi connectivity index (χ2n) is 7.43. The molecule has 1 aromatic carbocycles. The number of rotatable bonds is 7. The first-order valence-corrected chi connectivity index (χ1v) is 10.6. The van der Waals surface area contributed by atoms with Gasteiger partial charge in [-0.3, -0.25) is 4.79 Å². The van der Waals surface area contributed by atoms with Crippen molar-refractivity contribution in [3.05, 3.63) is 23.3 Å². The van der Waals surface area contributed by atoms with E-state index in [-0.39, 0.29) is 16.7 Å². The van der Waals surface area contributed by atoms with Gasteiger partial charge in [0.05, 0.1) is 12.0 Å². The van der Waals surface area contributed by atoms with Gasteiger partial charge in [-0.25, -0.2) is 8.42 Å². The van der Waals surface area contributed by atoms with E-state index in [1.165, 1.54) is 0 Å². The summed E-state index contributed by atoms with van der Waals surface area (Å²) in [5.74, 6) is 0.696. The van der Waals surface area contributed by atoms with Crippen LogP contribution in [-0.4, -0.2) is 45.5 Å². The Morgan fingerprint density at radius 2 is 1.73 bits per heavy atom. The maximum atomic E-state index is 13.1. The smallest absolute Gasteiger partial charge is 0.241 e. The first-order chi connectivity index (χ1) is 12.2. The van der Waals surface area contributed by atoms with E-state index in [0.717, 1.165) is 12.8 Å². The number of nitrogens with one attached hydrogen (secondary N) is 1. The van der Waals surface area contributed by atoms with Gasteiger partial charge in [0.25, 0.3) is 0 Å². The highest BCUT2D eigenvalue weighted by molar-refractivity contribution is 7.89. The number of carbonyl (C=O) groups excluding carboxylic acids is 1. The molecule has 0 spiro atoms. The fourth-order valence-electron chi connectivity index (χ4n) is 3.53. The lowest BCUT2D eigenvalue weighted by atomic mass is 10.0. The van der Waals surface area contributed by atoms with Crippen LogP contribution in [0.2, 0.25) is 0 Å². The molecule has 1 aliphatic heterocycles. The Balaban J connectivity index is 2.32. The SMILES string of the molecule is COc1cc(C)c(S(=O)(=O)N[C@@H](CC(C)C)C(=O)N2CCCC2)c(C)c1. The topological polar surface area (TPSA) is 75.7 Å². The molecule has 0 radical (unpaired) electrons. The van der Waals surface area contributed by atoms with Crippen LogP contribution in [0, 0.1) is 19.8 Å². The van der Waals surface area contributed by atoms with Gasteiger partial charge in [-0.2, -0.15) is 4.72 Å². The summed E-state index contributed by atoms with van der Waals surface area (Å²) in [4.78, 5) is 14.8. The third kappa shape index (κ3) is 4.76. The zero-order chi connectivity index (χ0) is 19.5. The Kier molecular flexibility index (Phi) is 6.69. The summed E-state index contributed by atoms with van der Waals surface area (Å²) < 4.78 is 34.0. The van der Waals surface area contributed by atoms with Gasteiger partial charge in [-0.15, -0.1) is 0 Å². The van der Waals surface area contributed by atoms with Gasteiger partial charge in [-0.05, 0) is 62.3 Å². The van der Waals surface area contributed by atoms with Crippen molar-refractivity contribution in [2.45, 2.75) is 57.9 Å². The van der Waals surface area contributed by atoms with Crippen molar-refractivity contribution in [3.8, 4) is 5.75 Å². The van der Waals surface area contributed by atoms with Crippen molar-refractivity contribution in [2.75, 3.05) is 20.2 Å². The van der Waals surface area contributed by atoms with Crippen LogP contribution in [0.5, 0.6) is 5.75 Å². The number of hydrogen-bond donors (Lipinski definition) is 1. The van der Waals surface area contributed by atoms with Crippen LogP contribution < -0.4 is 9.46 Å². The molecule has 1 fully saturated rings. The average molecular weight is 383 g/mol. The van der Waals surface area contributed by atoms with Crippen molar-refractivity contribution < 1.29 is 17.9 Å². The minimum atomic E-state index is -3.82. The molecule has 2 rings (SSSR count). The van der Waals surface area contributed by atoms with E-state index in [1.54, 1.807) is 38.0 Å². The summed E-state index contributed by atoms with van der Waals surface area (Å²) in [6.07, 6.45) is 2.43. The molecule has 0 unspecified atom stereocenters. The van der Waals surface area contributed by atoms with Crippen LogP contribution in [-0.2, 0) is 14.8 Å². The molecular weight excluding hydrogens is 352 g/mol. The van der Waals surface area contributed by atoms with E-state index in [2.05, 4.69) is 4.72 Å². The van der Waals surface area contributed by atoms with Gasteiger partial charge in [-0.1, -0.05) is 13.8 Å². The standard InChI is InChI=1S/C19H30N2O4S/c1-13(2)10-17(19(22)21-8-6-7-9-21)20-26(23,24)18-14(3)11-16(25-5)12-15(18)4/h11-13,17,20H,6-10H2,1-5H3/t17-/m0/s1. The lowest BCUT2D eigenvalue weighted by Gasteiger charge is -2.26. The second kappa shape index (κ2) is 8.39. The summed E-state index contributed by atoms with van der Waals surface area (Å²) in [7, 11) is -2.27. The Hall–Kier alpha value is -1.60. The maximum Gasteiger partial charge on any atom is 0.241 e. The van der Waals surface area contributed by atoms with E-state index in [4.69, 9.17) is 4.74 Å². The minimum absolute atomic E-state index is 0.122. The molecule has 7 heteroatoms. The molecule has 0 bridgehead atoms. The molecular formula is C19H30N2O4S. The Morgan fingerprint density at radius 1 is 1.19 bits per heavy atom. The summed E-state index contributed by atoms with van der Waals surface area (Å²) in [6, 6.07) is 2.65. The van der Waals surface area contributed by atoms with Gasteiger partial charge >= 0.3 is 0 Å². The van der Waals surface area contributed by atoms with Crippen LogP contribution in [0.3, 0.4) is 0 Å². The quantitative estimate of drug-likeness (QED) is 0.787. The Labute approximate surface area is 157 Å². The van der Waals surface area contributed by atoms with Crippen LogP contribution in [0.25, 0.3) is 0 Å². The number of benzene rings is 1. The predicted octanol–water partition coefficient (Wildman–Crippen LogP) is 2.63. The molecule has 1 N–H and O–H groups in total. The summed E-state index contributed by atoms with van der Waals surface area (Å²) in [5, 5.41) is 0. The van der Waals surface area contributed by atoms with E-state index in [9.17, 15) is 13.2 Å². The number of nitrogens with zero attached hydrogens (tertiary/aromatic N) is 1. The number of amides is 1. The fourth-order valence-corrected chi connectivity index (χ4v) is 5.18. The van der Waals surface area contributed by atoms with Crippen LogP contribution in [0.4, 0.5) is 0 Å². The average Bonchev–Trinajstić information content (AvgIpc) is 3.06. The van der Waals surface area contributed by atoms with E-state index in [0.29, 0.717) is 36.4 Å². The van der Waals surface area contributed by atoms with Crippen LogP contribution in [0.15, 0.2) is 17.0 Å². The first-order valence-electron chi connectivity index (χ1n) is 9.12. The molecule has 1 aromatic rings. The van der Waals surface area contributed by atoms with Gasteiger partial charge in [0, 0.05) is 13.1 Å². The highest BCUT2D eigenvalue weighted by Crippen LogP contribution is 2.26. The van der Waals surface area contributed by atoms with E-state index in [1.807, 2.05) is 13.8 Å². The number of ether oxygens (including phenoxy) is 1. The van der Waals surface area contributed by atoms with Gasteiger partial charge in [0.2, 0.25) is 15.9 Å². The van der Waals surface area contributed by atoms with Crippen molar-refractivity contribution in [1.82, 2.24) is 9.62 Å². The monoisotopic (exact) mass is 382 g/mol. The molecule has 146 valence electrons. The molecule has 0 saturated carbocycles. The molecule has 0 aliphatic carbocycles. The normalized spacial score (nSPS) is 16.2. The summed E-state index contributed by atoms with van der Waals surface area (Å²) >= 11 is 0. The second-order valence-corrected chi connectivity index (χ2v) is 9.08. The number of likely N-dealkylation sites (tertiary alicyclic amines) is 1. The summed E-state index contributed by atoms with van der Waals surface area (Å²) in [5.41, 5.74) is 1.21. The Bertz CT molecular complexity index is 730. The zero-order valence-electron chi connectivity index (χ0n) is 16.3. The lowest BCUT2D eigenvalue weighted by Crippen LogP contribution is -2.48. The fraction of sp³-hybridized carbons (Fsp3) is 0.632. The lowest BCUT2D eigenvalue weighted by molar-refractivity contribution is -0.132. The van der Waals surface area contributed by atoms with Crippen molar-refractivity contribution in [2.24, 2.45) is 5.92 Å². The maximum absolute atomic E-state index is 13.1. The number of sulfonamides is 1. The highest BCUT2D eigenvalue weighted by Gasteiger charge is 2.32. The number of aryl methyl sites for hydroxylation is 2. The molecule has 0 aromatic heterocycles. The summed E-state index contributed by atoms with van der Waals surface area (Å²) in [6.45, 7) is 8.87. The molecule has 1 heterocycles. The minimum Gasteiger partial charge on any atom is -0.497 e. The number of carbonyl (C=O) groups is 1. The highest BCUT2D eigenvalue weighted by atomic mass is 32.2. The number of methoxy groups -OCH3 is 1. The van der Waals surface area contributed by atoms with Crippen LogP contribution >= 0.6 is 0 Å². The third-order valence-corrected chi connectivity index (χ3v) is 6.43. The Morgan fingerprint density at radius 3 is 2.19 bits per heavy atom. The third-order valence-electron chi connectivity index (χ3n) is 4.66. The largest absolute Gasteiger partial charge is 0.497 e. The molecule has 6 nitrogen and oxygen atoms in total. The van der Waals surface area contributed by atoms with Gasteiger partial charge < -0.3 is 9.64 Å². The van der Waals surface area contributed by atoms with Gasteiger partial charge in [0.1, 0.15) is 11.8 Å². The molecule has 1 atom stereocenters.